The predicted octanol–water partition coefficient (Wildman–Crippen LogP) is 0.205. The van der Waals surface area contributed by atoms with Gasteiger partial charge in [-0.1, -0.05) is 0 Å². The summed E-state index contributed by atoms with van der Waals surface area (Å²) in [5.74, 6) is -1.70. The standard InChI is InChI=1S/C17H16N4O4/c18-16(24)11-3-4-12-10(8-11)5-7-21(12)14(23)9-20-17(25)15-13(22)2-1-6-19-15/h1-4,6,8,22H,5,7,9H2,(H2,18,24)(H,20,25). The van der Waals surface area contributed by atoms with Gasteiger partial charge in [-0.05, 0) is 42.3 Å². The number of hydrogen-bond donors (Lipinski definition) is 3. The van der Waals surface area contributed by atoms with E-state index in [9.17, 15) is 19.5 Å². The molecule has 0 aliphatic carbocycles. The quantitative estimate of drug-likeness (QED) is 0.733. The lowest BCUT2D eigenvalue weighted by molar-refractivity contribution is -0.117. The second kappa shape index (κ2) is 6.60. The highest BCUT2D eigenvalue weighted by Crippen LogP contribution is 2.28. The number of nitrogens with two attached hydrogens (primary N) is 1. The SMILES string of the molecule is NC(=O)c1ccc2c(c1)CCN2C(=O)CNC(=O)c1ncccc1O. The van der Waals surface area contributed by atoms with E-state index in [1.165, 1.54) is 18.3 Å². The van der Waals surface area contributed by atoms with E-state index in [2.05, 4.69) is 10.3 Å². The Balaban J connectivity index is 1.67. The molecule has 1 aromatic carbocycles. The maximum absolute atomic E-state index is 12.4. The van der Waals surface area contributed by atoms with Crippen molar-refractivity contribution in [2.75, 3.05) is 18.0 Å². The number of benzene rings is 1. The molecule has 2 aromatic rings. The molecule has 1 aromatic heterocycles. The minimum atomic E-state index is -0.630. The average Bonchev–Trinajstić information content (AvgIpc) is 3.03. The van der Waals surface area contributed by atoms with Crippen molar-refractivity contribution in [1.82, 2.24) is 10.3 Å². The molecule has 0 fully saturated rings. The Hall–Kier alpha value is -3.42. The Labute approximate surface area is 143 Å². The van der Waals surface area contributed by atoms with Crippen molar-refractivity contribution in [1.29, 1.82) is 0 Å². The summed E-state index contributed by atoms with van der Waals surface area (Å²) in [6, 6.07) is 7.76. The van der Waals surface area contributed by atoms with Gasteiger partial charge < -0.3 is 21.1 Å². The molecule has 2 heterocycles. The average molecular weight is 340 g/mol. The van der Waals surface area contributed by atoms with Crippen LogP contribution in [0.2, 0.25) is 0 Å². The van der Waals surface area contributed by atoms with Gasteiger partial charge >= 0.3 is 0 Å². The first-order valence-electron chi connectivity index (χ1n) is 7.62. The molecule has 8 heteroatoms. The maximum atomic E-state index is 12.4. The smallest absolute Gasteiger partial charge is 0.274 e. The Bertz CT molecular complexity index is 865. The van der Waals surface area contributed by atoms with Gasteiger partial charge in [0.2, 0.25) is 11.8 Å². The second-order valence-corrected chi connectivity index (χ2v) is 5.56. The second-order valence-electron chi connectivity index (χ2n) is 5.56. The topological polar surface area (TPSA) is 126 Å². The fourth-order valence-electron chi connectivity index (χ4n) is 2.72. The van der Waals surface area contributed by atoms with E-state index in [0.717, 1.165) is 5.56 Å². The van der Waals surface area contributed by atoms with Gasteiger partial charge in [0.25, 0.3) is 5.91 Å². The number of carbonyl (C=O) groups is 3. The van der Waals surface area contributed by atoms with Gasteiger partial charge in [-0.2, -0.15) is 0 Å². The van der Waals surface area contributed by atoms with Crippen LogP contribution >= 0.6 is 0 Å². The Kier molecular flexibility index (Phi) is 4.34. The maximum Gasteiger partial charge on any atom is 0.274 e. The van der Waals surface area contributed by atoms with E-state index < -0.39 is 11.8 Å². The van der Waals surface area contributed by atoms with Gasteiger partial charge in [0, 0.05) is 24.0 Å². The molecule has 25 heavy (non-hydrogen) atoms. The van der Waals surface area contributed by atoms with Crippen LogP contribution in [0.1, 0.15) is 26.4 Å². The van der Waals surface area contributed by atoms with Crippen LogP contribution in [0.25, 0.3) is 0 Å². The summed E-state index contributed by atoms with van der Waals surface area (Å²) in [4.78, 5) is 40.9. The van der Waals surface area contributed by atoms with E-state index >= 15 is 0 Å². The number of aromatic hydroxyl groups is 1. The summed E-state index contributed by atoms with van der Waals surface area (Å²) in [5, 5.41) is 12.1. The number of hydrogen-bond acceptors (Lipinski definition) is 5. The van der Waals surface area contributed by atoms with Crippen molar-refractivity contribution in [2.24, 2.45) is 5.73 Å². The van der Waals surface area contributed by atoms with E-state index in [1.807, 2.05) is 0 Å². The molecule has 1 aliphatic rings. The first-order chi connectivity index (χ1) is 12.0. The summed E-state index contributed by atoms with van der Waals surface area (Å²) in [7, 11) is 0. The number of rotatable bonds is 4. The van der Waals surface area contributed by atoms with Crippen LogP contribution in [0, 0.1) is 0 Å². The van der Waals surface area contributed by atoms with Crippen molar-refractivity contribution in [3.05, 3.63) is 53.3 Å². The number of primary amides is 1. The zero-order valence-corrected chi connectivity index (χ0v) is 13.2. The van der Waals surface area contributed by atoms with Gasteiger partial charge in [-0.15, -0.1) is 0 Å². The largest absolute Gasteiger partial charge is 0.505 e. The van der Waals surface area contributed by atoms with Gasteiger partial charge in [0.15, 0.2) is 5.69 Å². The normalized spacial score (nSPS) is 12.6. The minimum absolute atomic E-state index is 0.136. The van der Waals surface area contributed by atoms with Crippen molar-refractivity contribution in [3.8, 4) is 5.75 Å². The highest BCUT2D eigenvalue weighted by Gasteiger charge is 2.25. The number of aromatic nitrogens is 1. The molecule has 0 bridgehead atoms. The van der Waals surface area contributed by atoms with Crippen LogP contribution in [0.15, 0.2) is 36.5 Å². The molecule has 8 nitrogen and oxygen atoms in total. The van der Waals surface area contributed by atoms with Crippen molar-refractivity contribution in [2.45, 2.75) is 6.42 Å². The van der Waals surface area contributed by atoms with Crippen LogP contribution < -0.4 is 16.0 Å². The summed E-state index contributed by atoms with van der Waals surface area (Å²) < 4.78 is 0. The molecule has 0 radical (unpaired) electrons. The van der Waals surface area contributed by atoms with E-state index in [0.29, 0.717) is 24.2 Å². The number of fused-ring (bicyclic) bond motifs is 1. The summed E-state index contributed by atoms with van der Waals surface area (Å²) in [5.41, 5.74) is 7.08. The fraction of sp³-hybridized carbons (Fsp3) is 0.176. The van der Waals surface area contributed by atoms with E-state index in [-0.39, 0.29) is 23.9 Å². The molecule has 3 rings (SSSR count). The van der Waals surface area contributed by atoms with Gasteiger partial charge in [-0.3, -0.25) is 14.4 Å². The molecule has 0 unspecified atom stereocenters. The fourth-order valence-corrected chi connectivity index (χ4v) is 2.72. The first-order valence-corrected chi connectivity index (χ1v) is 7.62. The van der Waals surface area contributed by atoms with Crippen molar-refractivity contribution in [3.63, 3.8) is 0 Å². The van der Waals surface area contributed by atoms with Crippen LogP contribution in [-0.2, 0) is 11.2 Å². The van der Waals surface area contributed by atoms with E-state index in [1.54, 1.807) is 23.1 Å². The third-order valence-corrected chi connectivity index (χ3v) is 3.96. The molecule has 0 atom stereocenters. The molecule has 0 saturated carbocycles. The number of pyridine rings is 1. The lowest BCUT2D eigenvalue weighted by Gasteiger charge is -2.17. The lowest BCUT2D eigenvalue weighted by Crippen LogP contribution is -2.39. The zero-order chi connectivity index (χ0) is 18.0. The van der Waals surface area contributed by atoms with Crippen LogP contribution in [0.3, 0.4) is 0 Å². The number of amides is 3. The van der Waals surface area contributed by atoms with Crippen LogP contribution in [0.5, 0.6) is 5.75 Å². The molecule has 1 aliphatic heterocycles. The molecule has 0 spiro atoms. The van der Waals surface area contributed by atoms with Crippen molar-refractivity contribution < 1.29 is 19.5 Å². The third-order valence-electron chi connectivity index (χ3n) is 3.96. The van der Waals surface area contributed by atoms with Crippen molar-refractivity contribution >= 4 is 23.4 Å². The molecular formula is C17H16N4O4. The zero-order valence-electron chi connectivity index (χ0n) is 13.2. The Morgan fingerprint density at radius 3 is 2.80 bits per heavy atom. The number of carbonyl (C=O) groups excluding carboxylic acids is 3. The molecular weight excluding hydrogens is 324 g/mol. The third kappa shape index (κ3) is 3.27. The Morgan fingerprint density at radius 1 is 1.28 bits per heavy atom. The minimum Gasteiger partial charge on any atom is -0.505 e. The number of nitrogens with zero attached hydrogens (tertiary/aromatic N) is 2. The molecule has 128 valence electrons. The van der Waals surface area contributed by atoms with Crippen LogP contribution in [0.4, 0.5) is 5.69 Å². The van der Waals surface area contributed by atoms with Crippen LogP contribution in [-0.4, -0.2) is 40.9 Å². The molecule has 4 N–H and O–H groups in total. The first kappa shape index (κ1) is 16.4. The predicted molar refractivity (Wildman–Crippen MR) is 89.3 cm³/mol. The molecule has 3 amide bonds. The summed E-state index contributed by atoms with van der Waals surface area (Å²) in [6.07, 6.45) is 1.99. The highest BCUT2D eigenvalue weighted by molar-refractivity contribution is 6.02. The lowest BCUT2D eigenvalue weighted by atomic mass is 10.1. The monoisotopic (exact) mass is 340 g/mol. The van der Waals surface area contributed by atoms with Gasteiger partial charge in [0.05, 0.1) is 6.54 Å². The molecule has 0 saturated heterocycles. The highest BCUT2D eigenvalue weighted by atomic mass is 16.3. The summed E-state index contributed by atoms with van der Waals surface area (Å²) in [6.45, 7) is 0.229. The van der Waals surface area contributed by atoms with E-state index in [4.69, 9.17) is 5.73 Å². The summed E-state index contributed by atoms with van der Waals surface area (Å²) >= 11 is 0. The van der Waals surface area contributed by atoms with Gasteiger partial charge in [-0.25, -0.2) is 4.98 Å². The number of anilines is 1. The Morgan fingerprint density at radius 2 is 2.08 bits per heavy atom. The van der Waals surface area contributed by atoms with Gasteiger partial charge in [0.1, 0.15) is 5.75 Å². The number of nitrogens with one attached hydrogen (secondary N) is 1.